The van der Waals surface area contributed by atoms with Crippen LogP contribution < -0.4 is 5.32 Å². The highest BCUT2D eigenvalue weighted by molar-refractivity contribution is 7.99. The molecule has 10 heavy (non-hydrogen) atoms. The summed E-state index contributed by atoms with van der Waals surface area (Å²) in [7, 11) is 0. The van der Waals surface area contributed by atoms with Gasteiger partial charge in [-0.1, -0.05) is 0 Å². The number of pyridine rings is 1. The summed E-state index contributed by atoms with van der Waals surface area (Å²) < 4.78 is 0. The molecule has 0 bridgehead atoms. The van der Waals surface area contributed by atoms with E-state index in [1.54, 1.807) is 11.8 Å². The summed E-state index contributed by atoms with van der Waals surface area (Å²) in [5.74, 6) is 1.07. The number of nitrogens with zero attached hydrogens (tertiary/aromatic N) is 2. The van der Waals surface area contributed by atoms with Crippen LogP contribution in [-0.2, 0) is 0 Å². The first-order valence-electron chi connectivity index (χ1n) is 3.22. The maximum Gasteiger partial charge on any atom is 0.121 e. The van der Waals surface area contributed by atoms with Gasteiger partial charge in [-0.25, -0.2) is 4.98 Å². The third kappa shape index (κ3) is 0.968. The van der Waals surface area contributed by atoms with E-state index in [1.165, 1.54) is 0 Å². The van der Waals surface area contributed by atoms with E-state index < -0.39 is 0 Å². The molecule has 0 amide bonds. The van der Waals surface area contributed by atoms with Crippen molar-refractivity contribution in [2.45, 2.75) is 5.03 Å². The Morgan fingerprint density at radius 1 is 1.50 bits per heavy atom. The van der Waals surface area contributed by atoms with E-state index in [9.17, 15) is 0 Å². The van der Waals surface area contributed by atoms with Gasteiger partial charge in [-0.05, 0) is 12.1 Å². The Morgan fingerprint density at radius 2 is 2.50 bits per heavy atom. The average molecular weight is 151 g/mol. The molecule has 1 aromatic heterocycles. The highest BCUT2D eigenvalue weighted by Crippen LogP contribution is 2.27. The van der Waals surface area contributed by atoms with Crippen molar-refractivity contribution >= 4 is 17.4 Å². The molecule has 1 radical (unpaired) electrons. The van der Waals surface area contributed by atoms with Gasteiger partial charge in [0.15, 0.2) is 0 Å². The van der Waals surface area contributed by atoms with Crippen LogP contribution in [-0.4, -0.2) is 17.3 Å². The average Bonchev–Trinajstić information content (AvgIpc) is 2.05. The van der Waals surface area contributed by atoms with Gasteiger partial charge in [0, 0.05) is 18.5 Å². The zero-order valence-corrected chi connectivity index (χ0v) is 6.27. The Labute approximate surface area is 64.0 Å². The molecule has 3 heteroatoms. The summed E-state index contributed by atoms with van der Waals surface area (Å²) >= 11 is 1.78. The van der Waals surface area contributed by atoms with Crippen molar-refractivity contribution in [3.8, 4) is 0 Å². The van der Waals surface area contributed by atoms with Crippen molar-refractivity contribution in [1.82, 2.24) is 10.3 Å². The first kappa shape index (κ1) is 6.04. The van der Waals surface area contributed by atoms with Gasteiger partial charge in [0.25, 0.3) is 0 Å². The van der Waals surface area contributed by atoms with Crippen molar-refractivity contribution in [1.29, 1.82) is 0 Å². The van der Waals surface area contributed by atoms with E-state index in [4.69, 9.17) is 0 Å². The highest BCUT2D eigenvalue weighted by Gasteiger charge is 2.09. The number of rotatable bonds is 0. The third-order valence-electron chi connectivity index (χ3n) is 1.36. The Morgan fingerprint density at radius 3 is 3.40 bits per heavy atom. The van der Waals surface area contributed by atoms with Gasteiger partial charge in [0.05, 0.1) is 5.69 Å². The van der Waals surface area contributed by atoms with Crippen LogP contribution in [0, 0.1) is 0 Å². The second kappa shape index (κ2) is 2.50. The first-order valence-corrected chi connectivity index (χ1v) is 4.21. The van der Waals surface area contributed by atoms with Crippen LogP contribution in [0.5, 0.6) is 0 Å². The number of fused-ring (bicyclic) bond motifs is 1. The molecule has 0 saturated carbocycles. The minimum absolute atomic E-state index is 0.934. The number of thioether (sulfide) groups is 1. The van der Waals surface area contributed by atoms with E-state index in [1.807, 2.05) is 18.3 Å². The molecule has 51 valence electrons. The van der Waals surface area contributed by atoms with Gasteiger partial charge < -0.3 is 0 Å². The van der Waals surface area contributed by atoms with Gasteiger partial charge in [0.1, 0.15) is 5.03 Å². The van der Waals surface area contributed by atoms with Crippen LogP contribution >= 0.6 is 11.8 Å². The fourth-order valence-electron chi connectivity index (χ4n) is 0.922. The molecule has 1 aliphatic rings. The number of hydrogen-bond acceptors (Lipinski definition) is 2. The summed E-state index contributed by atoms with van der Waals surface area (Å²) in [6, 6.07) is 3.93. The summed E-state index contributed by atoms with van der Waals surface area (Å²) in [5, 5.41) is 5.39. The zero-order valence-electron chi connectivity index (χ0n) is 5.45. The van der Waals surface area contributed by atoms with Crippen LogP contribution in [0.2, 0.25) is 0 Å². The van der Waals surface area contributed by atoms with Gasteiger partial charge in [0.2, 0.25) is 0 Å². The van der Waals surface area contributed by atoms with E-state index in [0.29, 0.717) is 0 Å². The number of hydrogen-bond donors (Lipinski definition) is 0. The van der Waals surface area contributed by atoms with Crippen molar-refractivity contribution in [2.75, 3.05) is 12.3 Å². The van der Waals surface area contributed by atoms with Crippen molar-refractivity contribution in [3.63, 3.8) is 0 Å². The Balaban J connectivity index is 2.41. The Hall–Kier alpha value is -0.700. The largest absolute Gasteiger partial charge is 0.282 e. The van der Waals surface area contributed by atoms with Gasteiger partial charge in [-0.3, -0.25) is 5.32 Å². The molecule has 2 heterocycles. The normalized spacial score (nSPS) is 15.6. The lowest BCUT2D eigenvalue weighted by Crippen LogP contribution is -2.09. The molecule has 1 aromatic rings. The topological polar surface area (TPSA) is 27.0 Å². The Kier molecular flexibility index (Phi) is 1.51. The molecular formula is C7H7N2S. The van der Waals surface area contributed by atoms with Crippen LogP contribution in [0.3, 0.4) is 0 Å². The maximum atomic E-state index is 4.31. The van der Waals surface area contributed by atoms with Crippen LogP contribution in [0.1, 0.15) is 0 Å². The van der Waals surface area contributed by atoms with Crippen LogP contribution in [0.4, 0.5) is 5.69 Å². The fraction of sp³-hybridized carbons (Fsp3) is 0.286. The molecule has 0 unspecified atom stereocenters. The van der Waals surface area contributed by atoms with E-state index in [0.717, 1.165) is 23.0 Å². The van der Waals surface area contributed by atoms with E-state index in [-0.39, 0.29) is 0 Å². The molecule has 2 rings (SSSR count). The molecule has 0 aromatic carbocycles. The zero-order chi connectivity index (χ0) is 6.81. The third-order valence-corrected chi connectivity index (χ3v) is 2.34. The first-order chi connectivity index (χ1) is 4.97. The smallest absolute Gasteiger partial charge is 0.121 e. The summed E-state index contributed by atoms with van der Waals surface area (Å²) in [6.07, 6.45) is 1.81. The van der Waals surface area contributed by atoms with E-state index >= 15 is 0 Å². The standard InChI is InChI=1S/C7H7N2S/c1-2-6-7(9-3-1)10-5-4-8-6/h1-3H,4-5H2. The maximum absolute atomic E-state index is 4.31. The molecule has 0 spiro atoms. The summed E-state index contributed by atoms with van der Waals surface area (Å²) in [5.41, 5.74) is 1.05. The molecule has 2 nitrogen and oxygen atoms in total. The molecule has 0 N–H and O–H groups in total. The van der Waals surface area contributed by atoms with Crippen molar-refractivity contribution in [2.24, 2.45) is 0 Å². The van der Waals surface area contributed by atoms with Crippen molar-refractivity contribution in [3.05, 3.63) is 18.3 Å². The quantitative estimate of drug-likeness (QED) is 0.560. The minimum Gasteiger partial charge on any atom is -0.282 e. The molecule has 1 aliphatic heterocycles. The predicted octanol–water partition coefficient (Wildman–Crippen LogP) is 1.42. The minimum atomic E-state index is 0.934. The second-order valence-corrected chi connectivity index (χ2v) is 3.14. The van der Waals surface area contributed by atoms with Crippen molar-refractivity contribution < 1.29 is 0 Å². The lowest BCUT2D eigenvalue weighted by Gasteiger charge is -2.12. The molecule has 0 saturated heterocycles. The fourth-order valence-corrected chi connectivity index (χ4v) is 1.71. The van der Waals surface area contributed by atoms with Gasteiger partial charge in [-0.15, -0.1) is 11.8 Å². The number of aromatic nitrogens is 1. The van der Waals surface area contributed by atoms with Gasteiger partial charge in [-0.2, -0.15) is 0 Å². The molecule has 0 atom stereocenters. The highest BCUT2D eigenvalue weighted by atomic mass is 32.2. The van der Waals surface area contributed by atoms with Gasteiger partial charge >= 0.3 is 0 Å². The lowest BCUT2D eigenvalue weighted by molar-refractivity contribution is 0.863. The van der Waals surface area contributed by atoms with Crippen LogP contribution in [0.15, 0.2) is 23.4 Å². The second-order valence-electron chi connectivity index (χ2n) is 2.06. The lowest BCUT2D eigenvalue weighted by atomic mass is 10.4. The molecule has 0 fully saturated rings. The summed E-state index contributed by atoms with van der Waals surface area (Å²) in [6.45, 7) is 0.934. The Bertz CT molecular complexity index is 212. The predicted molar refractivity (Wildman–Crippen MR) is 41.6 cm³/mol. The molecular weight excluding hydrogens is 144 g/mol. The summed E-state index contributed by atoms with van der Waals surface area (Å²) in [4.78, 5) is 4.19. The SMILES string of the molecule is c1cnc2c(c1)[N]CCS2. The monoisotopic (exact) mass is 151 g/mol. The van der Waals surface area contributed by atoms with Crippen LogP contribution in [0.25, 0.3) is 0 Å². The molecule has 0 aliphatic carbocycles. The van der Waals surface area contributed by atoms with E-state index in [2.05, 4.69) is 10.3 Å².